The number of H-pyrrole nitrogens is 2. The van der Waals surface area contributed by atoms with Crippen LogP contribution in [0.5, 0.6) is 5.75 Å². The first-order chi connectivity index (χ1) is 11.9. The predicted molar refractivity (Wildman–Crippen MR) is 91.2 cm³/mol. The van der Waals surface area contributed by atoms with Crippen LogP contribution >= 0.6 is 0 Å². The van der Waals surface area contributed by atoms with Gasteiger partial charge in [-0.25, -0.2) is 9.59 Å². The molecule has 2 aromatic rings. The number of rotatable bonds is 6. The van der Waals surface area contributed by atoms with Crippen LogP contribution in [0.2, 0.25) is 0 Å². The third-order valence-electron chi connectivity index (χ3n) is 3.21. The van der Waals surface area contributed by atoms with E-state index in [1.165, 1.54) is 0 Å². The van der Waals surface area contributed by atoms with Crippen molar-refractivity contribution >= 4 is 5.97 Å². The van der Waals surface area contributed by atoms with Gasteiger partial charge in [0.2, 0.25) is 0 Å². The van der Waals surface area contributed by atoms with Crippen molar-refractivity contribution in [1.82, 2.24) is 9.97 Å². The normalized spacial score (nSPS) is 9.88. The molecule has 9 nitrogen and oxygen atoms in total. The zero-order valence-electron chi connectivity index (χ0n) is 13.7. The lowest BCUT2D eigenvalue weighted by Crippen LogP contribution is -2.30. The van der Waals surface area contributed by atoms with E-state index >= 15 is 0 Å². The highest BCUT2D eigenvalue weighted by atomic mass is 16.5. The molecule has 0 aliphatic carbocycles. The minimum atomic E-state index is -1.33. The van der Waals surface area contributed by atoms with Gasteiger partial charge < -0.3 is 25.7 Å². The summed E-state index contributed by atoms with van der Waals surface area (Å²) in [5.74, 6) is -0.616. The second-order valence-corrected chi connectivity index (χ2v) is 4.93. The van der Waals surface area contributed by atoms with E-state index in [1.807, 2.05) is 17.1 Å². The molecule has 0 aliphatic heterocycles. The number of aromatic nitrogens is 2. The minimum Gasteiger partial charge on any atom is -0.497 e. The van der Waals surface area contributed by atoms with Crippen molar-refractivity contribution in [2.45, 2.75) is 12.8 Å². The van der Waals surface area contributed by atoms with Gasteiger partial charge in [0, 0.05) is 12.1 Å². The molecule has 0 spiro atoms. The van der Waals surface area contributed by atoms with Gasteiger partial charge in [-0.3, -0.25) is 9.78 Å². The van der Waals surface area contributed by atoms with Crippen LogP contribution in [0.25, 0.3) is 0 Å². The number of benzene rings is 1. The lowest BCUT2D eigenvalue weighted by atomic mass is 10.0. The average molecular weight is 351 g/mol. The fourth-order valence-corrected chi connectivity index (χ4v) is 1.99. The standard InChI is InChI=1S/C14H14N2O5.C2H7NO/c1-21-9-5-2-8(3-6-9)4-7-10-11(13(18)19)15-14(20)16-12(10)17;3-1-2-4/h2-3,5-6H,4,7H2,1H3,(H,18,19)(H2,15,16,17,20);4H,1-3H2. The molecule has 0 aliphatic rings. The molecule has 9 heteroatoms. The van der Waals surface area contributed by atoms with Crippen LogP contribution in [0.1, 0.15) is 21.6 Å². The van der Waals surface area contributed by atoms with Gasteiger partial charge in [0.05, 0.1) is 13.7 Å². The molecule has 0 radical (unpaired) electrons. The number of carboxylic acids is 1. The summed E-state index contributed by atoms with van der Waals surface area (Å²) in [6, 6.07) is 7.23. The molecule has 0 atom stereocenters. The summed E-state index contributed by atoms with van der Waals surface area (Å²) in [6.07, 6.45) is 0.680. The molecule has 0 amide bonds. The Bertz CT molecular complexity index is 793. The Labute approximate surface area is 143 Å². The van der Waals surface area contributed by atoms with Crippen molar-refractivity contribution < 1.29 is 19.7 Å². The van der Waals surface area contributed by atoms with Crippen LogP contribution in [0.3, 0.4) is 0 Å². The maximum atomic E-state index is 11.7. The summed E-state index contributed by atoms with van der Waals surface area (Å²) in [5.41, 5.74) is 3.89. The highest BCUT2D eigenvalue weighted by Crippen LogP contribution is 2.13. The minimum absolute atomic E-state index is 0.0536. The van der Waals surface area contributed by atoms with Crippen LogP contribution in [0.15, 0.2) is 33.9 Å². The van der Waals surface area contributed by atoms with E-state index in [1.54, 1.807) is 19.2 Å². The van der Waals surface area contributed by atoms with Gasteiger partial charge in [-0.1, -0.05) is 12.1 Å². The number of carbonyl (C=O) groups is 1. The molecule has 0 unspecified atom stereocenters. The zero-order valence-corrected chi connectivity index (χ0v) is 13.7. The molecule has 0 saturated heterocycles. The Balaban J connectivity index is 0.000000705. The van der Waals surface area contributed by atoms with Crippen molar-refractivity contribution in [3.63, 3.8) is 0 Å². The van der Waals surface area contributed by atoms with Crippen molar-refractivity contribution in [2.24, 2.45) is 5.73 Å². The highest BCUT2D eigenvalue weighted by Gasteiger charge is 2.15. The van der Waals surface area contributed by atoms with Crippen molar-refractivity contribution in [2.75, 3.05) is 20.3 Å². The molecule has 6 N–H and O–H groups in total. The molecular formula is C16H21N3O6. The summed E-state index contributed by atoms with van der Waals surface area (Å²) < 4.78 is 5.04. The summed E-state index contributed by atoms with van der Waals surface area (Å²) in [5, 5.41) is 16.8. The first kappa shape index (κ1) is 20.1. The molecule has 1 heterocycles. The Hall–Kier alpha value is -2.91. The van der Waals surface area contributed by atoms with Crippen molar-refractivity contribution in [3.8, 4) is 5.75 Å². The number of aromatic amines is 2. The number of carboxylic acid groups (broad SMARTS) is 1. The van der Waals surface area contributed by atoms with Crippen molar-refractivity contribution in [1.29, 1.82) is 0 Å². The molecule has 25 heavy (non-hydrogen) atoms. The number of aryl methyl sites for hydroxylation is 1. The average Bonchev–Trinajstić information content (AvgIpc) is 2.61. The summed E-state index contributed by atoms with van der Waals surface area (Å²) >= 11 is 0. The zero-order chi connectivity index (χ0) is 18.8. The molecule has 0 bridgehead atoms. The number of aromatic carboxylic acids is 1. The highest BCUT2D eigenvalue weighted by molar-refractivity contribution is 5.86. The fraction of sp³-hybridized carbons (Fsp3) is 0.312. The predicted octanol–water partition coefficient (Wildman–Crippen LogP) is -0.507. The van der Waals surface area contributed by atoms with Crippen LogP contribution < -0.4 is 21.7 Å². The largest absolute Gasteiger partial charge is 0.497 e. The monoisotopic (exact) mass is 351 g/mol. The lowest BCUT2D eigenvalue weighted by molar-refractivity contribution is 0.0688. The number of methoxy groups -OCH3 is 1. The first-order valence-electron chi connectivity index (χ1n) is 7.45. The van der Waals surface area contributed by atoms with E-state index in [2.05, 4.69) is 4.98 Å². The summed E-state index contributed by atoms with van der Waals surface area (Å²) in [6.45, 7) is 0.472. The van der Waals surface area contributed by atoms with Gasteiger partial charge in [-0.2, -0.15) is 0 Å². The van der Waals surface area contributed by atoms with Crippen LogP contribution in [0.4, 0.5) is 0 Å². The second kappa shape index (κ2) is 10.1. The third-order valence-corrected chi connectivity index (χ3v) is 3.21. The van der Waals surface area contributed by atoms with Crippen LogP contribution in [-0.4, -0.2) is 46.4 Å². The molecule has 0 saturated carbocycles. The lowest BCUT2D eigenvalue weighted by Gasteiger charge is -2.05. The third kappa shape index (κ3) is 6.24. The number of hydrogen-bond acceptors (Lipinski definition) is 6. The van der Waals surface area contributed by atoms with E-state index in [0.717, 1.165) is 5.56 Å². The molecule has 1 aromatic carbocycles. The summed E-state index contributed by atoms with van der Waals surface area (Å²) in [4.78, 5) is 38.1. The number of aliphatic hydroxyl groups excluding tert-OH is 1. The van der Waals surface area contributed by atoms with Gasteiger partial charge in [0.1, 0.15) is 11.4 Å². The smallest absolute Gasteiger partial charge is 0.352 e. The Morgan fingerprint density at radius 3 is 2.24 bits per heavy atom. The Morgan fingerprint density at radius 2 is 1.76 bits per heavy atom. The van der Waals surface area contributed by atoms with E-state index in [-0.39, 0.29) is 24.3 Å². The van der Waals surface area contributed by atoms with Gasteiger partial charge in [0.15, 0.2) is 0 Å². The first-order valence-corrected chi connectivity index (χ1v) is 7.45. The maximum absolute atomic E-state index is 11.7. The van der Waals surface area contributed by atoms with Gasteiger partial charge in [0.25, 0.3) is 5.56 Å². The quantitative estimate of drug-likeness (QED) is 0.469. The SMILES string of the molecule is COc1ccc(CCc2c(C(=O)O)[nH]c(=O)[nH]c2=O)cc1.NCCO. The molecule has 2 rings (SSSR count). The Kier molecular flexibility index (Phi) is 8.10. The van der Waals surface area contributed by atoms with Crippen molar-refractivity contribution in [3.05, 3.63) is 61.9 Å². The number of ether oxygens (including phenoxy) is 1. The van der Waals surface area contributed by atoms with Gasteiger partial charge in [-0.15, -0.1) is 0 Å². The van der Waals surface area contributed by atoms with Gasteiger partial charge in [-0.05, 0) is 30.5 Å². The molecule has 0 fully saturated rings. The summed E-state index contributed by atoms with van der Waals surface area (Å²) in [7, 11) is 1.56. The second-order valence-electron chi connectivity index (χ2n) is 4.93. The molecule has 136 valence electrons. The van der Waals surface area contributed by atoms with Crippen LogP contribution in [0, 0.1) is 0 Å². The number of hydrogen-bond donors (Lipinski definition) is 5. The van der Waals surface area contributed by atoms with E-state index in [0.29, 0.717) is 18.7 Å². The van der Waals surface area contributed by atoms with Crippen LogP contribution in [-0.2, 0) is 12.8 Å². The molecule has 1 aromatic heterocycles. The van der Waals surface area contributed by atoms with E-state index in [4.69, 9.17) is 20.7 Å². The number of aliphatic hydroxyl groups is 1. The van der Waals surface area contributed by atoms with E-state index in [9.17, 15) is 14.4 Å². The topological polar surface area (TPSA) is 158 Å². The molecular weight excluding hydrogens is 330 g/mol. The van der Waals surface area contributed by atoms with E-state index < -0.39 is 17.2 Å². The fourth-order valence-electron chi connectivity index (χ4n) is 1.99. The number of nitrogens with one attached hydrogen (secondary N) is 2. The maximum Gasteiger partial charge on any atom is 0.352 e. The number of nitrogens with two attached hydrogens (primary N) is 1. The van der Waals surface area contributed by atoms with Gasteiger partial charge >= 0.3 is 11.7 Å². The Morgan fingerprint density at radius 1 is 1.16 bits per heavy atom.